The van der Waals surface area contributed by atoms with Crippen LogP contribution in [0.15, 0.2) is 6.07 Å². The molecule has 3 heterocycles. The van der Waals surface area contributed by atoms with Gasteiger partial charge in [0.15, 0.2) is 0 Å². The first-order chi connectivity index (χ1) is 11.0. The number of carboxylic acid groups (broad SMARTS) is 1. The number of aryl methyl sites for hydroxylation is 1. The number of methoxy groups -OCH3 is 1. The van der Waals surface area contributed by atoms with Gasteiger partial charge in [0.05, 0.1) is 13.7 Å². The van der Waals surface area contributed by atoms with E-state index < -0.39 is 11.5 Å². The van der Waals surface area contributed by atoms with Crippen molar-refractivity contribution in [2.24, 2.45) is 0 Å². The Bertz CT molecular complexity index is 581. The zero-order valence-corrected chi connectivity index (χ0v) is 13.5. The molecule has 1 unspecified atom stereocenters. The van der Waals surface area contributed by atoms with E-state index in [2.05, 4.69) is 14.9 Å². The maximum atomic E-state index is 11.7. The molecule has 1 aromatic heterocycles. The largest absolute Gasteiger partial charge is 0.480 e. The van der Waals surface area contributed by atoms with Crippen molar-refractivity contribution < 1.29 is 19.4 Å². The first-order valence-corrected chi connectivity index (χ1v) is 7.76. The Morgan fingerprint density at radius 1 is 1.35 bits per heavy atom. The van der Waals surface area contributed by atoms with E-state index in [0.717, 1.165) is 11.5 Å². The third-order valence-corrected chi connectivity index (χ3v) is 4.61. The first-order valence-electron chi connectivity index (χ1n) is 7.76. The fourth-order valence-corrected chi connectivity index (χ4v) is 3.25. The molecule has 0 bridgehead atoms. The number of hydrogen-bond acceptors (Lipinski definition) is 7. The predicted octanol–water partition coefficient (Wildman–Crippen LogP) is 0.159. The molecule has 0 saturated carbocycles. The summed E-state index contributed by atoms with van der Waals surface area (Å²) in [6, 6.07) is 2.28. The minimum absolute atomic E-state index is 0.267. The van der Waals surface area contributed by atoms with Gasteiger partial charge in [0.2, 0.25) is 0 Å². The van der Waals surface area contributed by atoms with Gasteiger partial charge in [0.25, 0.3) is 0 Å². The molecular weight excluding hydrogens is 300 g/mol. The molecule has 1 atom stereocenters. The van der Waals surface area contributed by atoms with Crippen molar-refractivity contribution in [3.05, 3.63) is 11.8 Å². The zero-order chi connectivity index (χ0) is 16.4. The van der Waals surface area contributed by atoms with Gasteiger partial charge in [-0.25, -0.2) is 4.98 Å². The van der Waals surface area contributed by atoms with E-state index in [1.807, 2.05) is 17.9 Å². The van der Waals surface area contributed by atoms with Gasteiger partial charge in [0, 0.05) is 51.0 Å². The molecule has 1 N–H and O–H groups in total. The van der Waals surface area contributed by atoms with Gasteiger partial charge < -0.3 is 19.5 Å². The fraction of sp³-hybridized carbons (Fsp3) is 0.667. The molecule has 3 rings (SSSR count). The number of carboxylic acids is 1. The van der Waals surface area contributed by atoms with Gasteiger partial charge in [-0.1, -0.05) is 0 Å². The standard InChI is InChI=1S/C15H22N4O4/c1-11-9-12(17-14(16-11)22-2)18-4-6-19(7-5-18)15(13(20)21)3-8-23-10-15/h9H,3-8,10H2,1-2H3,(H,20,21). The molecule has 0 aromatic carbocycles. The Hall–Kier alpha value is -1.93. The van der Waals surface area contributed by atoms with Crippen LogP contribution in [-0.2, 0) is 9.53 Å². The molecule has 126 valence electrons. The summed E-state index contributed by atoms with van der Waals surface area (Å²) in [6.45, 7) is 5.45. The number of anilines is 1. The number of rotatable bonds is 4. The van der Waals surface area contributed by atoms with Crippen molar-refractivity contribution in [2.45, 2.75) is 18.9 Å². The van der Waals surface area contributed by atoms with Gasteiger partial charge >= 0.3 is 12.0 Å². The number of aliphatic carboxylic acids is 1. The van der Waals surface area contributed by atoms with Crippen LogP contribution in [0.5, 0.6) is 6.01 Å². The van der Waals surface area contributed by atoms with Crippen molar-refractivity contribution >= 4 is 11.8 Å². The minimum Gasteiger partial charge on any atom is -0.480 e. The number of carbonyl (C=O) groups is 1. The molecule has 2 saturated heterocycles. The Balaban J connectivity index is 1.71. The Morgan fingerprint density at radius 3 is 2.65 bits per heavy atom. The summed E-state index contributed by atoms with van der Waals surface area (Å²) >= 11 is 0. The molecule has 2 aliphatic rings. The van der Waals surface area contributed by atoms with Gasteiger partial charge in [-0.3, -0.25) is 9.69 Å². The van der Waals surface area contributed by atoms with Crippen LogP contribution < -0.4 is 9.64 Å². The van der Waals surface area contributed by atoms with Crippen molar-refractivity contribution in [3.8, 4) is 6.01 Å². The molecule has 1 aromatic rings. The van der Waals surface area contributed by atoms with Crippen molar-refractivity contribution in [3.63, 3.8) is 0 Å². The fourth-order valence-electron chi connectivity index (χ4n) is 3.25. The van der Waals surface area contributed by atoms with E-state index >= 15 is 0 Å². The molecule has 2 aliphatic heterocycles. The van der Waals surface area contributed by atoms with E-state index in [9.17, 15) is 9.90 Å². The molecular formula is C15H22N4O4. The van der Waals surface area contributed by atoms with Gasteiger partial charge in [-0.05, 0) is 6.92 Å². The maximum absolute atomic E-state index is 11.7. The third kappa shape index (κ3) is 2.96. The average molecular weight is 322 g/mol. The highest BCUT2D eigenvalue weighted by Gasteiger charge is 2.48. The van der Waals surface area contributed by atoms with Crippen LogP contribution in [0.2, 0.25) is 0 Å². The second-order valence-electron chi connectivity index (χ2n) is 5.97. The monoisotopic (exact) mass is 322 g/mol. The first kappa shape index (κ1) is 15.9. The molecule has 0 aliphatic carbocycles. The molecule has 0 amide bonds. The van der Waals surface area contributed by atoms with Gasteiger partial charge in [-0.2, -0.15) is 4.98 Å². The predicted molar refractivity (Wildman–Crippen MR) is 82.9 cm³/mol. The number of piperazine rings is 1. The van der Waals surface area contributed by atoms with Crippen LogP contribution >= 0.6 is 0 Å². The summed E-state index contributed by atoms with van der Waals surface area (Å²) in [4.78, 5) is 24.5. The highest BCUT2D eigenvalue weighted by atomic mass is 16.5. The lowest BCUT2D eigenvalue weighted by atomic mass is 9.95. The summed E-state index contributed by atoms with van der Waals surface area (Å²) in [6.07, 6.45) is 0.544. The summed E-state index contributed by atoms with van der Waals surface area (Å²) < 4.78 is 10.5. The van der Waals surface area contributed by atoms with Crippen LogP contribution in [-0.4, -0.2) is 78.0 Å². The number of hydrogen-bond donors (Lipinski definition) is 1. The summed E-state index contributed by atoms with van der Waals surface area (Å²) in [5, 5.41) is 9.63. The minimum atomic E-state index is -0.870. The quantitative estimate of drug-likeness (QED) is 0.839. The van der Waals surface area contributed by atoms with E-state index in [1.165, 1.54) is 0 Å². The molecule has 8 nitrogen and oxygen atoms in total. The Kier molecular flexibility index (Phi) is 4.36. The van der Waals surface area contributed by atoms with E-state index in [-0.39, 0.29) is 6.61 Å². The van der Waals surface area contributed by atoms with Crippen LogP contribution in [0.1, 0.15) is 12.1 Å². The summed E-state index contributed by atoms with van der Waals surface area (Å²) in [5.74, 6) is 0.0315. The number of nitrogens with zero attached hydrogens (tertiary/aromatic N) is 4. The smallest absolute Gasteiger partial charge is 0.326 e. The maximum Gasteiger partial charge on any atom is 0.326 e. The average Bonchev–Trinajstić information content (AvgIpc) is 3.05. The SMILES string of the molecule is COc1nc(C)cc(N2CCN(C3(C(=O)O)CCOC3)CC2)n1. The highest BCUT2D eigenvalue weighted by Crippen LogP contribution is 2.29. The molecule has 0 spiro atoms. The lowest BCUT2D eigenvalue weighted by Gasteiger charge is -2.42. The third-order valence-electron chi connectivity index (χ3n) is 4.61. The molecule has 8 heteroatoms. The van der Waals surface area contributed by atoms with Crippen molar-refractivity contribution in [1.82, 2.24) is 14.9 Å². The zero-order valence-electron chi connectivity index (χ0n) is 13.5. The van der Waals surface area contributed by atoms with Gasteiger partial charge in [-0.15, -0.1) is 0 Å². The van der Waals surface area contributed by atoms with Crippen LogP contribution in [0.3, 0.4) is 0 Å². The Morgan fingerprint density at radius 2 is 2.09 bits per heavy atom. The Labute approximate surface area is 135 Å². The summed E-state index contributed by atoms with van der Waals surface area (Å²) in [5.41, 5.74) is -0.0220. The van der Waals surface area contributed by atoms with Crippen molar-refractivity contribution in [2.75, 3.05) is 51.4 Å². The van der Waals surface area contributed by atoms with Crippen LogP contribution in [0.25, 0.3) is 0 Å². The van der Waals surface area contributed by atoms with Crippen LogP contribution in [0, 0.1) is 6.92 Å². The van der Waals surface area contributed by atoms with Gasteiger partial charge in [0.1, 0.15) is 11.4 Å². The number of ether oxygens (including phenoxy) is 2. The topological polar surface area (TPSA) is 88.0 Å². The molecule has 23 heavy (non-hydrogen) atoms. The lowest BCUT2D eigenvalue weighted by molar-refractivity contribution is -0.152. The van der Waals surface area contributed by atoms with E-state index in [4.69, 9.17) is 9.47 Å². The molecule has 2 fully saturated rings. The normalized spacial score (nSPS) is 25.6. The number of aromatic nitrogens is 2. The second-order valence-corrected chi connectivity index (χ2v) is 5.97. The summed E-state index contributed by atoms with van der Waals surface area (Å²) in [7, 11) is 1.55. The highest BCUT2D eigenvalue weighted by molar-refractivity contribution is 5.79. The van der Waals surface area contributed by atoms with Crippen LogP contribution in [0.4, 0.5) is 5.82 Å². The van der Waals surface area contributed by atoms with E-state index in [0.29, 0.717) is 45.2 Å². The lowest BCUT2D eigenvalue weighted by Crippen LogP contribution is -2.61. The van der Waals surface area contributed by atoms with E-state index in [1.54, 1.807) is 7.11 Å². The van der Waals surface area contributed by atoms with Crippen molar-refractivity contribution in [1.29, 1.82) is 0 Å². The second kappa shape index (κ2) is 6.29. The molecule has 0 radical (unpaired) electrons.